The van der Waals surface area contributed by atoms with Crippen molar-refractivity contribution in [3.8, 4) is 5.75 Å². The summed E-state index contributed by atoms with van der Waals surface area (Å²) in [5.74, 6) is 2.26. The van der Waals surface area contributed by atoms with Crippen LogP contribution in [0, 0.1) is 6.92 Å². The lowest BCUT2D eigenvalue weighted by Gasteiger charge is -2.36. The second-order valence-electron chi connectivity index (χ2n) is 5.94. The lowest BCUT2D eigenvalue weighted by Crippen LogP contribution is -2.49. The maximum absolute atomic E-state index is 12.4. The molecular weight excluding hydrogens is 338 g/mol. The minimum Gasteiger partial charge on any atom is -0.497 e. The van der Waals surface area contributed by atoms with Crippen LogP contribution in [-0.4, -0.2) is 64.6 Å². The zero-order valence-electron chi connectivity index (χ0n) is 14.8. The van der Waals surface area contributed by atoms with E-state index < -0.39 is 0 Å². The quantitative estimate of drug-likeness (QED) is 0.754. The van der Waals surface area contributed by atoms with Gasteiger partial charge in [-0.25, -0.2) is 0 Å². The van der Waals surface area contributed by atoms with Crippen molar-refractivity contribution in [2.24, 2.45) is 7.05 Å². The van der Waals surface area contributed by atoms with E-state index in [1.54, 1.807) is 7.11 Å². The summed E-state index contributed by atoms with van der Waals surface area (Å²) in [5.41, 5.74) is 1.16. The number of amides is 1. The van der Waals surface area contributed by atoms with E-state index in [1.807, 2.05) is 35.6 Å². The molecule has 2 heterocycles. The number of carbonyl (C=O) groups is 1. The second-order valence-corrected chi connectivity index (χ2v) is 6.89. The molecule has 1 saturated heterocycles. The number of thioether (sulfide) groups is 1. The van der Waals surface area contributed by atoms with Gasteiger partial charge in [0.15, 0.2) is 5.16 Å². The Balaban J connectivity index is 1.49. The third kappa shape index (κ3) is 4.07. The zero-order valence-corrected chi connectivity index (χ0v) is 15.6. The van der Waals surface area contributed by atoms with Crippen LogP contribution in [0.2, 0.25) is 0 Å². The Morgan fingerprint density at radius 3 is 2.40 bits per heavy atom. The van der Waals surface area contributed by atoms with Gasteiger partial charge in [-0.15, -0.1) is 10.2 Å². The van der Waals surface area contributed by atoms with Gasteiger partial charge in [0.2, 0.25) is 5.91 Å². The number of ether oxygens (including phenoxy) is 1. The first-order chi connectivity index (χ1) is 12.1. The molecule has 1 aromatic carbocycles. The molecule has 1 fully saturated rings. The molecule has 0 aliphatic carbocycles. The Morgan fingerprint density at radius 2 is 1.84 bits per heavy atom. The summed E-state index contributed by atoms with van der Waals surface area (Å²) in [4.78, 5) is 16.6. The molecule has 0 bridgehead atoms. The van der Waals surface area contributed by atoms with Gasteiger partial charge in [0.25, 0.3) is 0 Å². The molecule has 0 spiro atoms. The smallest absolute Gasteiger partial charge is 0.233 e. The molecular formula is C17H23N5O2S. The van der Waals surface area contributed by atoms with Crippen LogP contribution in [0.3, 0.4) is 0 Å². The van der Waals surface area contributed by atoms with E-state index in [9.17, 15) is 4.79 Å². The molecule has 0 atom stereocenters. The summed E-state index contributed by atoms with van der Waals surface area (Å²) in [6.45, 7) is 5.06. The van der Waals surface area contributed by atoms with E-state index >= 15 is 0 Å². The predicted octanol–water partition coefficient (Wildman–Crippen LogP) is 1.57. The first kappa shape index (κ1) is 17.6. The van der Waals surface area contributed by atoms with Crippen LogP contribution in [0.1, 0.15) is 5.82 Å². The highest BCUT2D eigenvalue weighted by Gasteiger charge is 2.22. The number of hydrogen-bond donors (Lipinski definition) is 0. The van der Waals surface area contributed by atoms with Crippen molar-refractivity contribution in [3.63, 3.8) is 0 Å². The average molecular weight is 361 g/mol. The van der Waals surface area contributed by atoms with E-state index in [0.29, 0.717) is 5.75 Å². The van der Waals surface area contributed by atoms with Crippen LogP contribution in [0.15, 0.2) is 29.4 Å². The van der Waals surface area contributed by atoms with Gasteiger partial charge in [0, 0.05) is 38.9 Å². The molecule has 7 nitrogen and oxygen atoms in total. The topological polar surface area (TPSA) is 63.5 Å². The van der Waals surface area contributed by atoms with Crippen molar-refractivity contribution in [1.29, 1.82) is 0 Å². The number of aryl methyl sites for hydroxylation is 1. The number of rotatable bonds is 5. The van der Waals surface area contributed by atoms with Gasteiger partial charge in [0.05, 0.1) is 12.9 Å². The molecule has 1 amide bonds. The lowest BCUT2D eigenvalue weighted by molar-refractivity contribution is -0.128. The molecule has 0 saturated carbocycles. The minimum absolute atomic E-state index is 0.153. The van der Waals surface area contributed by atoms with Gasteiger partial charge >= 0.3 is 0 Å². The van der Waals surface area contributed by atoms with Gasteiger partial charge in [-0.3, -0.25) is 4.79 Å². The van der Waals surface area contributed by atoms with E-state index in [0.717, 1.165) is 48.6 Å². The third-order valence-corrected chi connectivity index (χ3v) is 5.45. The van der Waals surface area contributed by atoms with Gasteiger partial charge in [-0.1, -0.05) is 11.8 Å². The maximum atomic E-state index is 12.4. The second kappa shape index (κ2) is 7.77. The SMILES string of the molecule is COc1ccc(N2CCN(C(=O)CSc3nnc(C)n3C)CC2)cc1. The highest BCUT2D eigenvalue weighted by molar-refractivity contribution is 7.99. The number of hydrogen-bond acceptors (Lipinski definition) is 6. The molecule has 1 aliphatic rings. The Hall–Kier alpha value is -2.22. The van der Waals surface area contributed by atoms with Crippen LogP contribution < -0.4 is 9.64 Å². The minimum atomic E-state index is 0.153. The van der Waals surface area contributed by atoms with Crippen LogP contribution >= 0.6 is 11.8 Å². The summed E-state index contributed by atoms with van der Waals surface area (Å²) < 4.78 is 7.10. The van der Waals surface area contributed by atoms with Gasteiger partial charge in [0.1, 0.15) is 11.6 Å². The molecule has 8 heteroatoms. The molecule has 0 unspecified atom stereocenters. The van der Waals surface area contributed by atoms with E-state index in [4.69, 9.17) is 4.74 Å². The molecule has 0 radical (unpaired) electrons. The molecule has 3 rings (SSSR count). The van der Waals surface area contributed by atoms with E-state index in [1.165, 1.54) is 11.8 Å². The molecule has 2 aromatic rings. The van der Waals surface area contributed by atoms with Gasteiger partial charge < -0.3 is 19.1 Å². The first-order valence-corrected chi connectivity index (χ1v) is 9.22. The van der Waals surface area contributed by atoms with Crippen molar-refractivity contribution in [2.45, 2.75) is 12.1 Å². The largest absolute Gasteiger partial charge is 0.497 e. The molecule has 1 aromatic heterocycles. The molecule has 1 aliphatic heterocycles. The fourth-order valence-corrected chi connectivity index (χ4v) is 3.60. The van der Waals surface area contributed by atoms with Crippen molar-refractivity contribution in [2.75, 3.05) is 43.9 Å². The highest BCUT2D eigenvalue weighted by Crippen LogP contribution is 2.21. The lowest BCUT2D eigenvalue weighted by atomic mass is 10.2. The van der Waals surface area contributed by atoms with Crippen molar-refractivity contribution >= 4 is 23.4 Å². The van der Waals surface area contributed by atoms with E-state index in [-0.39, 0.29) is 5.91 Å². The fourth-order valence-electron chi connectivity index (χ4n) is 2.74. The Morgan fingerprint density at radius 1 is 1.16 bits per heavy atom. The summed E-state index contributed by atoms with van der Waals surface area (Å²) in [7, 11) is 3.58. The van der Waals surface area contributed by atoms with Gasteiger partial charge in [-0.2, -0.15) is 0 Å². The average Bonchev–Trinajstić information content (AvgIpc) is 2.98. The Bertz CT molecular complexity index is 723. The predicted molar refractivity (Wildman–Crippen MR) is 98.3 cm³/mol. The van der Waals surface area contributed by atoms with Crippen LogP contribution in [0.25, 0.3) is 0 Å². The maximum Gasteiger partial charge on any atom is 0.233 e. The van der Waals surface area contributed by atoms with Crippen molar-refractivity contribution < 1.29 is 9.53 Å². The summed E-state index contributed by atoms with van der Waals surface area (Å²) in [6.07, 6.45) is 0. The normalized spacial score (nSPS) is 14.7. The summed E-state index contributed by atoms with van der Waals surface area (Å²) >= 11 is 1.44. The number of nitrogens with zero attached hydrogens (tertiary/aromatic N) is 5. The fraction of sp³-hybridized carbons (Fsp3) is 0.471. The van der Waals surface area contributed by atoms with Crippen molar-refractivity contribution in [3.05, 3.63) is 30.1 Å². The molecule has 0 N–H and O–H groups in total. The number of carbonyl (C=O) groups excluding carboxylic acids is 1. The summed E-state index contributed by atoms with van der Waals surface area (Å²) in [6, 6.07) is 8.05. The zero-order chi connectivity index (χ0) is 17.8. The van der Waals surface area contributed by atoms with Gasteiger partial charge in [-0.05, 0) is 31.2 Å². The first-order valence-electron chi connectivity index (χ1n) is 8.24. The molecule has 134 valence electrons. The standard InChI is InChI=1S/C17H23N5O2S/c1-13-18-19-17(20(13)2)25-12-16(23)22-10-8-21(9-11-22)14-4-6-15(24-3)7-5-14/h4-7H,8-12H2,1-3H3. The highest BCUT2D eigenvalue weighted by atomic mass is 32.2. The monoisotopic (exact) mass is 361 g/mol. The van der Waals surface area contributed by atoms with E-state index in [2.05, 4.69) is 27.2 Å². The van der Waals surface area contributed by atoms with Crippen LogP contribution in [-0.2, 0) is 11.8 Å². The Labute approximate surface area is 152 Å². The molecule has 25 heavy (non-hydrogen) atoms. The number of methoxy groups -OCH3 is 1. The number of anilines is 1. The summed E-state index contributed by atoms with van der Waals surface area (Å²) in [5, 5.41) is 8.88. The number of aromatic nitrogens is 3. The van der Waals surface area contributed by atoms with Crippen molar-refractivity contribution in [1.82, 2.24) is 19.7 Å². The van der Waals surface area contributed by atoms with Crippen LogP contribution in [0.4, 0.5) is 5.69 Å². The Kier molecular flexibility index (Phi) is 5.47. The third-order valence-electron chi connectivity index (χ3n) is 4.45. The number of benzene rings is 1. The van der Waals surface area contributed by atoms with Crippen LogP contribution in [0.5, 0.6) is 5.75 Å². The number of piperazine rings is 1.